The van der Waals surface area contributed by atoms with Gasteiger partial charge in [0, 0.05) is 28.3 Å². The van der Waals surface area contributed by atoms with Crippen LogP contribution in [0.1, 0.15) is 18.4 Å². The number of carbonyl (C=O) groups excluding carboxylic acids is 2. The Kier molecular flexibility index (Phi) is 10.7. The Morgan fingerprint density at radius 1 is 1.26 bits per heavy atom. The van der Waals surface area contributed by atoms with Crippen LogP contribution in [0.3, 0.4) is 0 Å². The summed E-state index contributed by atoms with van der Waals surface area (Å²) in [4.78, 5) is 29.8. The zero-order valence-electron chi connectivity index (χ0n) is 21.7. The third-order valence-electron chi connectivity index (χ3n) is 6.39. The molecule has 214 valence electrons. The molecule has 2 aliphatic rings. The maximum absolute atomic E-state index is 12.8. The fourth-order valence-corrected chi connectivity index (χ4v) is 7.57. The summed E-state index contributed by atoms with van der Waals surface area (Å²) in [6, 6.07) is 2.91. The number of methoxy groups -OCH3 is 1. The Hall–Kier alpha value is -1.45. The first-order valence-electron chi connectivity index (χ1n) is 11.9. The first-order chi connectivity index (χ1) is 18.2. The van der Waals surface area contributed by atoms with Crippen LogP contribution in [0.25, 0.3) is 0 Å². The molecule has 1 spiro atoms. The third-order valence-corrected chi connectivity index (χ3v) is 9.18. The number of likely N-dealkylation sites (N-methyl/N-ethyl adjacent to an activating group) is 1. The number of benzene rings is 1. The number of nitrogens with zero attached hydrogens (tertiary/aromatic N) is 2. The van der Waals surface area contributed by atoms with Crippen LogP contribution in [-0.4, -0.2) is 86.3 Å². The standard InChI is InChI=1S/C25H29Br4N3O7/c1-32(2,3)19(24(35)36)6-8-38-13-9-15(26)14(16(27)10-13)5-7-30-23(34)18-12-25(39-31-18)11-17(28)21(37-4)20(29)22(25)33/h9-11,19,22,33H,5-8,12H2,1-4H3,(H-,30,34,35,36)/t19-,22-,25+/m0/s1. The minimum Gasteiger partial charge on any atom is -0.544 e. The van der Waals surface area contributed by atoms with Crippen molar-refractivity contribution in [3.05, 3.63) is 47.4 Å². The molecule has 1 aliphatic heterocycles. The first-order valence-corrected chi connectivity index (χ1v) is 15.0. The number of nitrogens with one attached hydrogen (secondary N) is 1. The number of halogens is 4. The number of quaternary nitrogens is 1. The van der Waals surface area contributed by atoms with Crippen molar-refractivity contribution in [3.8, 4) is 5.75 Å². The summed E-state index contributed by atoms with van der Waals surface area (Å²) >= 11 is 13.9. The van der Waals surface area contributed by atoms with Crippen LogP contribution < -0.4 is 15.2 Å². The summed E-state index contributed by atoms with van der Waals surface area (Å²) in [5.41, 5.74) is -0.142. The van der Waals surface area contributed by atoms with Gasteiger partial charge in [0.2, 0.25) is 0 Å². The van der Waals surface area contributed by atoms with Crippen LogP contribution in [-0.2, 0) is 25.6 Å². The van der Waals surface area contributed by atoms with Crippen molar-refractivity contribution in [3.63, 3.8) is 0 Å². The molecule has 39 heavy (non-hydrogen) atoms. The number of aliphatic carboxylic acids is 1. The average Bonchev–Trinajstić information content (AvgIpc) is 3.26. The highest BCUT2D eigenvalue weighted by atomic mass is 79.9. The Morgan fingerprint density at radius 2 is 1.90 bits per heavy atom. The van der Waals surface area contributed by atoms with E-state index in [0.29, 0.717) is 39.9 Å². The molecule has 0 saturated carbocycles. The number of carboxylic acid groups (broad SMARTS) is 1. The van der Waals surface area contributed by atoms with Gasteiger partial charge in [0.15, 0.2) is 5.60 Å². The number of allylic oxidation sites excluding steroid dienone is 1. The number of hydrogen-bond donors (Lipinski definition) is 2. The predicted molar refractivity (Wildman–Crippen MR) is 157 cm³/mol. The van der Waals surface area contributed by atoms with E-state index < -0.39 is 29.6 Å². The topological polar surface area (TPSA) is 130 Å². The maximum Gasteiger partial charge on any atom is 0.269 e. The highest BCUT2D eigenvalue weighted by Gasteiger charge is 2.50. The highest BCUT2D eigenvalue weighted by Crippen LogP contribution is 2.44. The summed E-state index contributed by atoms with van der Waals surface area (Å²) in [6.07, 6.45) is 1.42. The van der Waals surface area contributed by atoms with Gasteiger partial charge in [-0.2, -0.15) is 0 Å². The number of rotatable bonds is 11. The first kappa shape index (κ1) is 32.1. The van der Waals surface area contributed by atoms with Crippen LogP contribution in [0.2, 0.25) is 0 Å². The van der Waals surface area contributed by atoms with E-state index in [0.717, 1.165) is 14.5 Å². The van der Waals surface area contributed by atoms with Gasteiger partial charge in [0.05, 0.1) is 49.8 Å². The fraction of sp³-hybridized carbons (Fsp3) is 0.480. The van der Waals surface area contributed by atoms with Crippen molar-refractivity contribution in [1.82, 2.24) is 5.32 Å². The van der Waals surface area contributed by atoms with E-state index in [1.165, 1.54) is 7.11 Å². The molecule has 1 aliphatic carbocycles. The molecule has 1 amide bonds. The van der Waals surface area contributed by atoms with Gasteiger partial charge in [-0.1, -0.05) is 37.0 Å². The van der Waals surface area contributed by atoms with Gasteiger partial charge in [-0.3, -0.25) is 4.79 Å². The monoisotopic (exact) mass is 799 g/mol. The zero-order chi connectivity index (χ0) is 29.1. The predicted octanol–water partition coefficient (Wildman–Crippen LogP) is 2.89. The summed E-state index contributed by atoms with van der Waals surface area (Å²) in [6.45, 7) is 0.534. The molecule has 0 fully saturated rings. The quantitative estimate of drug-likeness (QED) is 0.330. The largest absolute Gasteiger partial charge is 0.544 e. The molecule has 0 radical (unpaired) electrons. The van der Waals surface area contributed by atoms with Crippen LogP contribution in [0.4, 0.5) is 0 Å². The van der Waals surface area contributed by atoms with Gasteiger partial charge in [-0.05, 0) is 62.1 Å². The molecular weight excluding hydrogens is 774 g/mol. The van der Waals surface area contributed by atoms with Crippen LogP contribution in [0.15, 0.2) is 47.0 Å². The van der Waals surface area contributed by atoms with Crippen molar-refractivity contribution in [1.29, 1.82) is 0 Å². The van der Waals surface area contributed by atoms with E-state index in [1.54, 1.807) is 39.4 Å². The van der Waals surface area contributed by atoms with E-state index in [9.17, 15) is 19.8 Å². The van der Waals surface area contributed by atoms with Crippen molar-refractivity contribution < 1.29 is 38.6 Å². The van der Waals surface area contributed by atoms with Gasteiger partial charge < -0.3 is 39.1 Å². The number of carboxylic acids is 1. The van der Waals surface area contributed by atoms with Gasteiger partial charge in [-0.25, -0.2) is 0 Å². The maximum atomic E-state index is 12.8. The van der Waals surface area contributed by atoms with Gasteiger partial charge in [0.25, 0.3) is 5.91 Å². The second-order valence-electron chi connectivity index (χ2n) is 10.00. The molecule has 2 N–H and O–H groups in total. The average molecular weight is 803 g/mol. The number of hydrogen-bond acceptors (Lipinski definition) is 8. The van der Waals surface area contributed by atoms with E-state index in [-0.39, 0.29) is 23.2 Å². The Bertz CT molecular complexity index is 1210. The molecule has 0 saturated heterocycles. The van der Waals surface area contributed by atoms with Crippen LogP contribution >= 0.6 is 63.7 Å². The smallest absolute Gasteiger partial charge is 0.269 e. The number of aliphatic hydroxyl groups is 1. The summed E-state index contributed by atoms with van der Waals surface area (Å²) in [7, 11) is 6.89. The minimum absolute atomic E-state index is 0.0769. The normalized spacial score (nSPS) is 21.7. The lowest BCUT2D eigenvalue weighted by atomic mass is 9.87. The lowest BCUT2D eigenvalue weighted by molar-refractivity contribution is -0.889. The molecule has 3 atom stereocenters. The lowest BCUT2D eigenvalue weighted by Gasteiger charge is -2.34. The Labute approximate surface area is 260 Å². The Balaban J connectivity index is 1.54. The number of aliphatic hydroxyl groups excluding tert-OH is 1. The van der Waals surface area contributed by atoms with Crippen molar-refractivity contribution in [2.24, 2.45) is 5.16 Å². The Morgan fingerprint density at radius 3 is 2.46 bits per heavy atom. The van der Waals surface area contributed by atoms with Crippen LogP contribution in [0, 0.1) is 0 Å². The molecule has 10 nitrogen and oxygen atoms in total. The minimum atomic E-state index is -1.22. The fourth-order valence-electron chi connectivity index (χ4n) is 4.23. The van der Waals surface area contributed by atoms with E-state index in [4.69, 9.17) is 14.3 Å². The summed E-state index contributed by atoms with van der Waals surface area (Å²) in [5, 5.41) is 29.0. The van der Waals surface area contributed by atoms with E-state index >= 15 is 0 Å². The molecule has 3 rings (SSSR count). The number of carbonyl (C=O) groups is 2. The molecular formula is C25H29Br4N3O7. The van der Waals surface area contributed by atoms with E-state index in [1.807, 2.05) is 0 Å². The second-order valence-corrected chi connectivity index (χ2v) is 13.4. The van der Waals surface area contributed by atoms with Crippen molar-refractivity contribution in [2.45, 2.75) is 37.0 Å². The molecule has 1 aromatic rings. The molecule has 1 heterocycles. The zero-order valence-corrected chi connectivity index (χ0v) is 28.1. The number of oxime groups is 1. The van der Waals surface area contributed by atoms with Crippen molar-refractivity contribution >= 4 is 81.3 Å². The molecule has 14 heteroatoms. The van der Waals surface area contributed by atoms with Crippen molar-refractivity contribution in [2.75, 3.05) is 41.4 Å². The van der Waals surface area contributed by atoms with Gasteiger partial charge in [0.1, 0.15) is 29.4 Å². The second kappa shape index (κ2) is 13.0. The third kappa shape index (κ3) is 7.45. The van der Waals surface area contributed by atoms with Crippen LogP contribution in [0.5, 0.6) is 5.75 Å². The molecule has 0 aromatic heterocycles. The molecule has 0 bridgehead atoms. The highest BCUT2D eigenvalue weighted by molar-refractivity contribution is 9.12. The van der Waals surface area contributed by atoms with Gasteiger partial charge >= 0.3 is 0 Å². The number of amides is 1. The summed E-state index contributed by atoms with van der Waals surface area (Å²) < 4.78 is 13.8. The summed E-state index contributed by atoms with van der Waals surface area (Å²) in [5.74, 6) is -0.494. The molecule has 0 unspecified atom stereocenters. The molecule has 1 aromatic carbocycles. The van der Waals surface area contributed by atoms with Gasteiger partial charge in [-0.15, -0.1) is 0 Å². The van der Waals surface area contributed by atoms with E-state index in [2.05, 4.69) is 74.2 Å². The SMILES string of the molecule is COC1=C(Br)[C@H](O)[C@@]2(C=C1Br)CC(C(=O)NCCc1c(Br)cc(OCC[C@@H](C(=O)[O-])[N+](C)(C)C)cc1Br)=NO2. The number of ether oxygens (including phenoxy) is 2. The lowest BCUT2D eigenvalue weighted by Crippen LogP contribution is -2.55.